The van der Waals surface area contributed by atoms with Crippen molar-refractivity contribution >= 4 is 35.0 Å². The summed E-state index contributed by atoms with van der Waals surface area (Å²) in [7, 11) is 0. The molecule has 0 saturated carbocycles. The molecule has 0 radical (unpaired) electrons. The highest BCUT2D eigenvalue weighted by Gasteiger charge is 2.36. The Morgan fingerprint density at radius 2 is 1.77 bits per heavy atom. The van der Waals surface area contributed by atoms with Gasteiger partial charge in [-0.2, -0.15) is 0 Å². The molecule has 0 aliphatic carbocycles. The molecule has 7 heteroatoms. The minimum Gasteiger partial charge on any atom is -0.508 e. The van der Waals surface area contributed by atoms with Crippen molar-refractivity contribution in [1.82, 2.24) is 4.90 Å². The highest BCUT2D eigenvalue weighted by Crippen LogP contribution is 2.32. The van der Waals surface area contributed by atoms with Gasteiger partial charge >= 0.3 is 5.97 Å². The minimum atomic E-state index is -0.651. The Morgan fingerprint density at radius 3 is 2.46 bits per heavy atom. The minimum absolute atomic E-state index is 0.0826. The second kappa shape index (κ2) is 7.88. The third kappa shape index (κ3) is 4.31. The SMILES string of the molecule is O=C(CN1C(=O)S/C(=C/c2ccc(O)cc2)C1=O)OCc1ccccc1. The quantitative estimate of drug-likeness (QED) is 0.644. The maximum atomic E-state index is 12.4. The molecule has 0 spiro atoms. The number of esters is 1. The average molecular weight is 369 g/mol. The van der Waals surface area contributed by atoms with Crippen LogP contribution in [0.2, 0.25) is 0 Å². The van der Waals surface area contributed by atoms with Crippen LogP contribution in [0.4, 0.5) is 4.79 Å². The number of carbonyl (C=O) groups excluding carboxylic acids is 3. The number of phenols is 1. The molecule has 1 aliphatic rings. The van der Waals surface area contributed by atoms with E-state index in [1.165, 1.54) is 12.1 Å². The summed E-state index contributed by atoms with van der Waals surface area (Å²) in [6, 6.07) is 15.3. The van der Waals surface area contributed by atoms with Crippen LogP contribution in [-0.4, -0.2) is 33.7 Å². The number of imide groups is 1. The fourth-order valence-electron chi connectivity index (χ4n) is 2.27. The number of hydrogen-bond donors (Lipinski definition) is 1. The third-order valence-electron chi connectivity index (χ3n) is 3.59. The third-order valence-corrected chi connectivity index (χ3v) is 4.50. The maximum absolute atomic E-state index is 12.4. The molecule has 2 aromatic rings. The largest absolute Gasteiger partial charge is 0.508 e. The Bertz CT molecular complexity index is 861. The first-order valence-electron chi connectivity index (χ1n) is 7.77. The fourth-order valence-corrected chi connectivity index (χ4v) is 3.11. The van der Waals surface area contributed by atoms with Crippen LogP contribution >= 0.6 is 11.8 Å². The normalized spacial score (nSPS) is 15.5. The number of benzene rings is 2. The predicted octanol–water partition coefficient (Wildman–Crippen LogP) is 3.17. The smallest absolute Gasteiger partial charge is 0.326 e. The summed E-state index contributed by atoms with van der Waals surface area (Å²) in [5.74, 6) is -1.08. The maximum Gasteiger partial charge on any atom is 0.326 e. The molecule has 2 aromatic carbocycles. The molecule has 6 nitrogen and oxygen atoms in total. The van der Waals surface area contributed by atoms with E-state index in [1.54, 1.807) is 18.2 Å². The Hall–Kier alpha value is -3.06. The predicted molar refractivity (Wildman–Crippen MR) is 97.0 cm³/mol. The fraction of sp³-hybridized carbons (Fsp3) is 0.105. The number of ether oxygens (including phenoxy) is 1. The monoisotopic (exact) mass is 369 g/mol. The lowest BCUT2D eigenvalue weighted by atomic mass is 10.2. The standard InChI is InChI=1S/C19H15NO5S/c21-15-8-6-13(7-9-15)10-16-18(23)20(19(24)26-16)11-17(22)25-12-14-4-2-1-3-5-14/h1-10,21H,11-12H2/b16-10+. The summed E-state index contributed by atoms with van der Waals surface area (Å²) in [6.07, 6.45) is 1.54. The van der Waals surface area contributed by atoms with E-state index in [2.05, 4.69) is 0 Å². The van der Waals surface area contributed by atoms with Crippen LogP contribution in [0.3, 0.4) is 0 Å². The zero-order valence-electron chi connectivity index (χ0n) is 13.6. The van der Waals surface area contributed by atoms with Crippen LogP contribution in [0.15, 0.2) is 59.5 Å². The average Bonchev–Trinajstić information content (AvgIpc) is 2.90. The first-order chi connectivity index (χ1) is 12.5. The molecular weight excluding hydrogens is 354 g/mol. The Kier molecular flexibility index (Phi) is 5.38. The van der Waals surface area contributed by atoms with Gasteiger partial charge in [-0.25, -0.2) is 0 Å². The molecule has 1 aliphatic heterocycles. The Labute approximate surface area is 154 Å². The van der Waals surface area contributed by atoms with Gasteiger partial charge in [0.1, 0.15) is 18.9 Å². The van der Waals surface area contributed by atoms with Crippen LogP contribution in [0.25, 0.3) is 6.08 Å². The first kappa shape index (κ1) is 17.8. The van der Waals surface area contributed by atoms with Crippen molar-refractivity contribution in [2.45, 2.75) is 6.61 Å². The molecule has 1 fully saturated rings. The highest BCUT2D eigenvalue weighted by molar-refractivity contribution is 8.18. The number of thioether (sulfide) groups is 1. The second-order valence-corrected chi connectivity index (χ2v) is 6.50. The highest BCUT2D eigenvalue weighted by atomic mass is 32.2. The summed E-state index contributed by atoms with van der Waals surface area (Å²) in [5, 5.41) is 8.76. The number of amides is 2. The van der Waals surface area contributed by atoms with Crippen LogP contribution in [-0.2, 0) is 20.9 Å². The number of hydrogen-bond acceptors (Lipinski definition) is 6. The van der Waals surface area contributed by atoms with Gasteiger partial charge in [0.25, 0.3) is 11.1 Å². The molecule has 1 saturated heterocycles. The van der Waals surface area contributed by atoms with E-state index < -0.39 is 23.7 Å². The summed E-state index contributed by atoms with van der Waals surface area (Å²) in [4.78, 5) is 37.4. The van der Waals surface area contributed by atoms with Crippen molar-refractivity contribution in [3.8, 4) is 5.75 Å². The molecule has 3 rings (SSSR count). The first-order valence-corrected chi connectivity index (χ1v) is 8.58. The number of aromatic hydroxyl groups is 1. The zero-order valence-corrected chi connectivity index (χ0v) is 14.4. The van der Waals surface area contributed by atoms with Gasteiger partial charge in [0, 0.05) is 0 Å². The van der Waals surface area contributed by atoms with E-state index in [0.29, 0.717) is 5.56 Å². The van der Waals surface area contributed by atoms with Crippen molar-refractivity contribution < 1.29 is 24.2 Å². The molecule has 0 unspecified atom stereocenters. The lowest BCUT2D eigenvalue weighted by molar-refractivity contribution is -0.147. The second-order valence-electron chi connectivity index (χ2n) is 5.51. The van der Waals surface area contributed by atoms with Gasteiger partial charge in [-0.15, -0.1) is 0 Å². The number of nitrogens with zero attached hydrogens (tertiary/aromatic N) is 1. The molecule has 0 atom stereocenters. The van der Waals surface area contributed by atoms with Crippen LogP contribution in [0.5, 0.6) is 5.75 Å². The lowest BCUT2D eigenvalue weighted by Crippen LogP contribution is -2.34. The van der Waals surface area contributed by atoms with Gasteiger partial charge < -0.3 is 9.84 Å². The summed E-state index contributed by atoms with van der Waals surface area (Å²) >= 11 is 0.766. The molecule has 1 heterocycles. The van der Waals surface area contributed by atoms with Crippen molar-refractivity contribution in [1.29, 1.82) is 0 Å². The van der Waals surface area contributed by atoms with Gasteiger partial charge in [-0.3, -0.25) is 19.3 Å². The lowest BCUT2D eigenvalue weighted by Gasteiger charge is -2.11. The molecule has 0 bridgehead atoms. The van der Waals surface area contributed by atoms with E-state index in [1.807, 2.05) is 30.3 Å². The van der Waals surface area contributed by atoms with E-state index >= 15 is 0 Å². The Balaban J connectivity index is 1.61. The topological polar surface area (TPSA) is 83.9 Å². The van der Waals surface area contributed by atoms with Gasteiger partial charge in [-0.05, 0) is 41.1 Å². The van der Waals surface area contributed by atoms with Gasteiger partial charge in [0.2, 0.25) is 0 Å². The number of phenolic OH excluding ortho intramolecular Hbond substituents is 1. The van der Waals surface area contributed by atoms with Gasteiger partial charge in [-0.1, -0.05) is 42.5 Å². The summed E-state index contributed by atoms with van der Waals surface area (Å²) < 4.78 is 5.11. The van der Waals surface area contributed by atoms with E-state index in [9.17, 15) is 19.5 Å². The summed E-state index contributed by atoms with van der Waals surface area (Å²) in [6.45, 7) is -0.344. The van der Waals surface area contributed by atoms with Crippen LogP contribution < -0.4 is 0 Å². The molecule has 132 valence electrons. The Morgan fingerprint density at radius 1 is 1.08 bits per heavy atom. The number of rotatable bonds is 5. The van der Waals surface area contributed by atoms with Gasteiger partial charge in [0.15, 0.2) is 0 Å². The van der Waals surface area contributed by atoms with Crippen LogP contribution in [0, 0.1) is 0 Å². The van der Waals surface area contributed by atoms with Crippen LogP contribution in [0.1, 0.15) is 11.1 Å². The van der Waals surface area contributed by atoms with E-state index in [0.717, 1.165) is 22.2 Å². The van der Waals surface area contributed by atoms with Crippen molar-refractivity contribution in [2.75, 3.05) is 6.54 Å². The summed E-state index contributed by atoms with van der Waals surface area (Å²) in [5.41, 5.74) is 1.49. The van der Waals surface area contributed by atoms with E-state index in [4.69, 9.17) is 4.74 Å². The van der Waals surface area contributed by atoms with Crippen molar-refractivity contribution in [3.63, 3.8) is 0 Å². The molecular formula is C19H15NO5S. The number of carbonyl (C=O) groups is 3. The van der Waals surface area contributed by atoms with Gasteiger partial charge in [0.05, 0.1) is 4.91 Å². The molecule has 1 N–H and O–H groups in total. The molecule has 26 heavy (non-hydrogen) atoms. The van der Waals surface area contributed by atoms with E-state index in [-0.39, 0.29) is 17.3 Å². The molecule has 2 amide bonds. The van der Waals surface area contributed by atoms with Crippen molar-refractivity contribution in [2.24, 2.45) is 0 Å². The van der Waals surface area contributed by atoms with Crippen molar-refractivity contribution in [3.05, 3.63) is 70.6 Å². The zero-order chi connectivity index (χ0) is 18.5. The molecule has 0 aromatic heterocycles.